The lowest BCUT2D eigenvalue weighted by atomic mass is 10.4. The Morgan fingerprint density at radius 3 is 2.71 bits per heavy atom. The molecule has 2 rings (SSSR count). The van der Waals surface area contributed by atoms with Gasteiger partial charge in [0.2, 0.25) is 17.8 Å². The summed E-state index contributed by atoms with van der Waals surface area (Å²) in [4.78, 5) is 16.2. The molecule has 17 heavy (non-hydrogen) atoms. The van der Waals surface area contributed by atoms with Crippen LogP contribution in [-0.2, 0) is 13.0 Å². The van der Waals surface area contributed by atoms with Crippen LogP contribution >= 0.6 is 0 Å². The fourth-order valence-electron chi connectivity index (χ4n) is 1.24. The molecule has 0 aliphatic heterocycles. The first-order chi connectivity index (χ1) is 8.17. The molecule has 2 aromatic rings. The van der Waals surface area contributed by atoms with Gasteiger partial charge in [0.05, 0.1) is 6.54 Å². The van der Waals surface area contributed by atoms with E-state index >= 15 is 0 Å². The van der Waals surface area contributed by atoms with E-state index in [9.17, 15) is 0 Å². The molecule has 0 aromatic carbocycles. The van der Waals surface area contributed by atoms with Gasteiger partial charge >= 0.3 is 0 Å². The van der Waals surface area contributed by atoms with Crippen molar-refractivity contribution in [3.8, 4) is 0 Å². The van der Waals surface area contributed by atoms with Crippen molar-refractivity contribution in [2.45, 2.75) is 26.8 Å². The third kappa shape index (κ3) is 2.86. The van der Waals surface area contributed by atoms with Gasteiger partial charge in [0, 0.05) is 6.42 Å². The van der Waals surface area contributed by atoms with Gasteiger partial charge in [-0.25, -0.2) is 0 Å². The van der Waals surface area contributed by atoms with Crippen molar-refractivity contribution >= 4 is 11.9 Å². The van der Waals surface area contributed by atoms with Gasteiger partial charge in [0.15, 0.2) is 5.82 Å². The molecule has 2 aromatic heterocycles. The van der Waals surface area contributed by atoms with Crippen molar-refractivity contribution in [1.82, 2.24) is 25.1 Å². The summed E-state index contributed by atoms with van der Waals surface area (Å²) in [6.45, 7) is 4.05. The van der Waals surface area contributed by atoms with Gasteiger partial charge in [-0.05, 0) is 6.92 Å². The van der Waals surface area contributed by atoms with Gasteiger partial charge in [0.1, 0.15) is 5.82 Å². The number of nitrogen functional groups attached to an aromatic ring is 1. The first-order valence-electron chi connectivity index (χ1n) is 5.21. The van der Waals surface area contributed by atoms with Gasteiger partial charge in [-0.1, -0.05) is 12.1 Å². The van der Waals surface area contributed by atoms with E-state index in [1.807, 2.05) is 6.92 Å². The smallest absolute Gasteiger partial charge is 0.246 e. The highest BCUT2D eigenvalue weighted by Crippen LogP contribution is 2.05. The second kappa shape index (κ2) is 4.73. The van der Waals surface area contributed by atoms with E-state index in [2.05, 4.69) is 30.4 Å². The number of nitrogens with zero attached hydrogens (tertiary/aromatic N) is 5. The van der Waals surface area contributed by atoms with E-state index in [0.29, 0.717) is 36.5 Å². The number of aromatic nitrogens is 5. The van der Waals surface area contributed by atoms with E-state index in [-0.39, 0.29) is 5.95 Å². The predicted octanol–water partition coefficient (Wildman–Crippen LogP) is 0.320. The van der Waals surface area contributed by atoms with Crippen LogP contribution in [0, 0.1) is 6.92 Å². The summed E-state index contributed by atoms with van der Waals surface area (Å²) in [6, 6.07) is 0. The maximum Gasteiger partial charge on any atom is 0.246 e. The molecule has 0 spiro atoms. The summed E-state index contributed by atoms with van der Waals surface area (Å²) in [5.41, 5.74) is 5.55. The standard InChI is InChI=1S/C9H13N7O/c1-3-6-13-8(10)15-9(14-6)11-4-7-12-5(2)16-17-7/h3-4H2,1-2H3,(H3,10,11,13,14,15). The fourth-order valence-corrected chi connectivity index (χ4v) is 1.24. The summed E-state index contributed by atoms with van der Waals surface area (Å²) in [5, 5.41) is 6.63. The van der Waals surface area contributed by atoms with Crippen LogP contribution in [0.15, 0.2) is 4.52 Å². The minimum Gasteiger partial charge on any atom is -0.368 e. The zero-order valence-corrected chi connectivity index (χ0v) is 9.64. The maximum absolute atomic E-state index is 5.55. The molecule has 0 aliphatic carbocycles. The average molecular weight is 235 g/mol. The van der Waals surface area contributed by atoms with Crippen molar-refractivity contribution in [3.63, 3.8) is 0 Å². The van der Waals surface area contributed by atoms with Gasteiger partial charge < -0.3 is 15.6 Å². The zero-order chi connectivity index (χ0) is 12.3. The molecule has 0 unspecified atom stereocenters. The quantitative estimate of drug-likeness (QED) is 0.778. The summed E-state index contributed by atoms with van der Waals surface area (Å²) in [6.07, 6.45) is 0.696. The largest absolute Gasteiger partial charge is 0.368 e. The minimum absolute atomic E-state index is 0.195. The number of hydrogen-bond acceptors (Lipinski definition) is 8. The molecular formula is C9H13N7O. The number of nitrogens with one attached hydrogen (secondary N) is 1. The monoisotopic (exact) mass is 235 g/mol. The molecular weight excluding hydrogens is 222 g/mol. The highest BCUT2D eigenvalue weighted by molar-refractivity contribution is 5.30. The Morgan fingerprint density at radius 2 is 2.06 bits per heavy atom. The molecule has 90 valence electrons. The number of aryl methyl sites for hydroxylation is 2. The lowest BCUT2D eigenvalue weighted by Gasteiger charge is -2.03. The van der Waals surface area contributed by atoms with E-state index in [0.717, 1.165) is 0 Å². The molecule has 8 nitrogen and oxygen atoms in total. The second-order valence-corrected chi connectivity index (χ2v) is 3.38. The van der Waals surface area contributed by atoms with Crippen molar-refractivity contribution < 1.29 is 4.52 Å². The number of hydrogen-bond donors (Lipinski definition) is 2. The average Bonchev–Trinajstić information content (AvgIpc) is 2.72. The fraction of sp³-hybridized carbons (Fsp3) is 0.444. The van der Waals surface area contributed by atoms with Crippen LogP contribution in [0.25, 0.3) is 0 Å². The Bertz CT molecular complexity index is 510. The van der Waals surface area contributed by atoms with E-state index in [1.54, 1.807) is 6.92 Å². The molecule has 0 saturated heterocycles. The Labute approximate surface area is 97.7 Å². The Balaban J connectivity index is 2.05. The van der Waals surface area contributed by atoms with Gasteiger partial charge in [-0.2, -0.15) is 19.9 Å². The third-order valence-corrected chi connectivity index (χ3v) is 1.98. The molecule has 0 aliphatic rings. The Kier molecular flexibility index (Phi) is 3.12. The van der Waals surface area contributed by atoms with Gasteiger partial charge in [-0.15, -0.1) is 0 Å². The van der Waals surface area contributed by atoms with Crippen LogP contribution in [0.2, 0.25) is 0 Å². The lowest BCUT2D eigenvalue weighted by Crippen LogP contribution is -2.09. The van der Waals surface area contributed by atoms with Crippen LogP contribution in [0.3, 0.4) is 0 Å². The molecule has 8 heteroatoms. The van der Waals surface area contributed by atoms with Crippen LogP contribution in [0.4, 0.5) is 11.9 Å². The molecule has 3 N–H and O–H groups in total. The first kappa shape index (κ1) is 11.2. The number of rotatable bonds is 4. The molecule has 0 radical (unpaired) electrons. The first-order valence-corrected chi connectivity index (χ1v) is 5.21. The Hall–Kier alpha value is -2.25. The number of anilines is 2. The topological polar surface area (TPSA) is 116 Å². The molecule has 0 atom stereocenters. The summed E-state index contributed by atoms with van der Waals surface area (Å²) in [5.74, 6) is 2.30. The summed E-state index contributed by atoms with van der Waals surface area (Å²) >= 11 is 0. The van der Waals surface area contributed by atoms with Crippen molar-refractivity contribution in [2.24, 2.45) is 0 Å². The molecule has 0 amide bonds. The van der Waals surface area contributed by atoms with Gasteiger partial charge in [0.25, 0.3) is 0 Å². The van der Waals surface area contributed by atoms with Crippen molar-refractivity contribution in [1.29, 1.82) is 0 Å². The predicted molar refractivity (Wildman–Crippen MR) is 60.0 cm³/mol. The third-order valence-electron chi connectivity index (χ3n) is 1.98. The normalized spacial score (nSPS) is 10.5. The molecule has 0 fully saturated rings. The van der Waals surface area contributed by atoms with Crippen LogP contribution in [0.5, 0.6) is 0 Å². The maximum atomic E-state index is 5.55. The van der Waals surface area contributed by atoms with Gasteiger partial charge in [-0.3, -0.25) is 0 Å². The van der Waals surface area contributed by atoms with Crippen LogP contribution in [-0.4, -0.2) is 25.1 Å². The number of nitrogens with two attached hydrogens (primary N) is 1. The molecule has 0 bridgehead atoms. The summed E-state index contributed by atoms with van der Waals surface area (Å²) < 4.78 is 4.95. The van der Waals surface area contributed by atoms with E-state index < -0.39 is 0 Å². The zero-order valence-electron chi connectivity index (χ0n) is 9.64. The second-order valence-electron chi connectivity index (χ2n) is 3.38. The van der Waals surface area contributed by atoms with Crippen LogP contribution in [0.1, 0.15) is 24.5 Å². The minimum atomic E-state index is 0.195. The van der Waals surface area contributed by atoms with E-state index in [4.69, 9.17) is 10.3 Å². The molecule has 2 heterocycles. The highest BCUT2D eigenvalue weighted by atomic mass is 16.5. The summed E-state index contributed by atoms with van der Waals surface area (Å²) in [7, 11) is 0. The highest BCUT2D eigenvalue weighted by Gasteiger charge is 2.05. The lowest BCUT2D eigenvalue weighted by molar-refractivity contribution is 0.379. The van der Waals surface area contributed by atoms with Crippen LogP contribution < -0.4 is 11.1 Å². The Morgan fingerprint density at radius 1 is 1.24 bits per heavy atom. The van der Waals surface area contributed by atoms with E-state index in [1.165, 1.54) is 0 Å². The SMILES string of the molecule is CCc1nc(N)nc(NCc2nc(C)no2)n1. The van der Waals surface area contributed by atoms with Crippen molar-refractivity contribution in [3.05, 3.63) is 17.5 Å². The molecule has 0 saturated carbocycles. The van der Waals surface area contributed by atoms with Crippen molar-refractivity contribution in [2.75, 3.05) is 11.1 Å².